The van der Waals surface area contributed by atoms with Crippen LogP contribution in [0.5, 0.6) is 0 Å². The zero-order valence-electron chi connectivity index (χ0n) is 15.0. The number of hydrogen-bond donors (Lipinski definition) is 2. The standard InChI is InChI=1S/C16H23N5O4/c1-16(2,3)13(18-15(22)23)9-20-12-7-6-10(21(24)25)8-11(12)17-14(20)19(4)5/h6-8,13,18H,9H2,1-5H3,(H,22,23). The molecule has 1 amide bonds. The van der Waals surface area contributed by atoms with E-state index in [0.29, 0.717) is 18.0 Å². The van der Waals surface area contributed by atoms with Crippen LogP contribution in [0.2, 0.25) is 0 Å². The highest BCUT2D eigenvalue weighted by molar-refractivity contribution is 5.81. The number of fused-ring (bicyclic) bond motifs is 1. The third-order valence-electron chi connectivity index (χ3n) is 4.03. The van der Waals surface area contributed by atoms with Crippen molar-refractivity contribution < 1.29 is 14.8 Å². The summed E-state index contributed by atoms with van der Waals surface area (Å²) in [5.41, 5.74) is 0.870. The number of rotatable bonds is 5. The highest BCUT2D eigenvalue weighted by Gasteiger charge is 2.28. The van der Waals surface area contributed by atoms with Crippen LogP contribution in [0.15, 0.2) is 18.2 Å². The molecule has 0 fully saturated rings. The minimum Gasteiger partial charge on any atom is -0.465 e. The SMILES string of the molecule is CN(C)c1nc2cc([N+](=O)[O-])ccc2n1CC(NC(=O)O)C(C)(C)C. The van der Waals surface area contributed by atoms with Crippen molar-refractivity contribution in [3.05, 3.63) is 28.3 Å². The van der Waals surface area contributed by atoms with Crippen molar-refractivity contribution in [2.24, 2.45) is 5.41 Å². The molecule has 2 rings (SSSR count). The molecule has 2 aromatic rings. The van der Waals surface area contributed by atoms with Crippen molar-refractivity contribution in [2.45, 2.75) is 33.4 Å². The number of nitro benzene ring substituents is 1. The van der Waals surface area contributed by atoms with E-state index >= 15 is 0 Å². The maximum absolute atomic E-state index is 11.2. The Kier molecular flexibility index (Phi) is 4.87. The molecule has 1 aromatic carbocycles. The first-order chi connectivity index (χ1) is 11.5. The molecule has 9 nitrogen and oxygen atoms in total. The van der Waals surface area contributed by atoms with Crippen molar-refractivity contribution >= 4 is 28.8 Å². The number of carbonyl (C=O) groups is 1. The number of nitro groups is 1. The van der Waals surface area contributed by atoms with Crippen molar-refractivity contribution in [1.29, 1.82) is 0 Å². The molecule has 9 heteroatoms. The third kappa shape index (κ3) is 3.98. The minimum atomic E-state index is -1.09. The highest BCUT2D eigenvalue weighted by atomic mass is 16.6. The summed E-state index contributed by atoms with van der Waals surface area (Å²) in [5.74, 6) is 0.608. The number of aromatic nitrogens is 2. The monoisotopic (exact) mass is 349 g/mol. The average Bonchev–Trinajstić information content (AvgIpc) is 2.83. The van der Waals surface area contributed by atoms with Gasteiger partial charge in [0.25, 0.3) is 5.69 Å². The molecule has 1 atom stereocenters. The number of imidazole rings is 1. The fraction of sp³-hybridized carbons (Fsp3) is 0.500. The lowest BCUT2D eigenvalue weighted by atomic mass is 9.86. The van der Waals surface area contributed by atoms with Crippen LogP contribution in [0.25, 0.3) is 11.0 Å². The summed E-state index contributed by atoms with van der Waals surface area (Å²) in [4.78, 5) is 28.0. The largest absolute Gasteiger partial charge is 0.465 e. The summed E-state index contributed by atoms with van der Waals surface area (Å²) in [6, 6.07) is 4.14. The molecule has 136 valence electrons. The Bertz CT molecular complexity index is 807. The Morgan fingerprint density at radius 3 is 2.56 bits per heavy atom. The van der Waals surface area contributed by atoms with E-state index in [9.17, 15) is 14.9 Å². The number of hydrogen-bond acceptors (Lipinski definition) is 5. The quantitative estimate of drug-likeness (QED) is 0.634. The van der Waals surface area contributed by atoms with Crippen molar-refractivity contribution in [2.75, 3.05) is 19.0 Å². The first-order valence-electron chi connectivity index (χ1n) is 7.82. The molecule has 0 aliphatic heterocycles. The molecular formula is C16H23N5O4. The first-order valence-corrected chi connectivity index (χ1v) is 7.82. The lowest BCUT2D eigenvalue weighted by Crippen LogP contribution is -2.46. The smallest absolute Gasteiger partial charge is 0.404 e. The van der Waals surface area contributed by atoms with E-state index in [1.165, 1.54) is 12.1 Å². The number of nitrogens with zero attached hydrogens (tertiary/aromatic N) is 4. The maximum Gasteiger partial charge on any atom is 0.404 e. The van der Waals surface area contributed by atoms with Gasteiger partial charge in [0.1, 0.15) is 0 Å². The maximum atomic E-state index is 11.2. The first kappa shape index (κ1) is 18.5. The van der Waals surface area contributed by atoms with Gasteiger partial charge in [-0.2, -0.15) is 0 Å². The van der Waals surface area contributed by atoms with E-state index < -0.39 is 11.0 Å². The van der Waals surface area contributed by atoms with Crippen molar-refractivity contribution in [3.8, 4) is 0 Å². The number of amides is 1. The molecular weight excluding hydrogens is 326 g/mol. The molecule has 25 heavy (non-hydrogen) atoms. The molecule has 0 aliphatic carbocycles. The normalized spacial score (nSPS) is 12.8. The van der Waals surface area contributed by atoms with Gasteiger partial charge < -0.3 is 19.9 Å². The molecule has 0 saturated carbocycles. The highest BCUT2D eigenvalue weighted by Crippen LogP contribution is 2.28. The van der Waals surface area contributed by atoms with Crippen LogP contribution < -0.4 is 10.2 Å². The van der Waals surface area contributed by atoms with Gasteiger partial charge >= 0.3 is 6.09 Å². The molecule has 0 bridgehead atoms. The topological polar surface area (TPSA) is 114 Å². The minimum absolute atomic E-state index is 0.0292. The Morgan fingerprint density at radius 2 is 2.08 bits per heavy atom. The van der Waals surface area contributed by atoms with Gasteiger partial charge in [-0.25, -0.2) is 9.78 Å². The van der Waals surface area contributed by atoms with Gasteiger partial charge in [0.2, 0.25) is 5.95 Å². The van der Waals surface area contributed by atoms with Crippen molar-refractivity contribution in [1.82, 2.24) is 14.9 Å². The molecule has 0 spiro atoms. The number of carboxylic acid groups (broad SMARTS) is 1. The number of nitrogens with one attached hydrogen (secondary N) is 1. The van der Waals surface area contributed by atoms with Crippen molar-refractivity contribution in [3.63, 3.8) is 0 Å². The summed E-state index contributed by atoms with van der Waals surface area (Å²) in [6.45, 7) is 6.21. The van der Waals surface area contributed by atoms with E-state index in [2.05, 4.69) is 10.3 Å². The van der Waals surface area contributed by atoms with Crippen LogP contribution in [-0.4, -0.2) is 45.8 Å². The van der Waals surface area contributed by atoms with Crippen LogP contribution in [-0.2, 0) is 6.54 Å². The van der Waals surface area contributed by atoms with Gasteiger partial charge in [0.15, 0.2) is 0 Å². The van der Waals surface area contributed by atoms with Gasteiger partial charge in [-0.3, -0.25) is 10.1 Å². The Labute approximate surface area is 145 Å². The Hall–Kier alpha value is -2.84. The predicted octanol–water partition coefficient (Wildman–Crippen LogP) is 2.69. The molecule has 0 aliphatic rings. The molecule has 0 radical (unpaired) electrons. The van der Waals surface area contributed by atoms with E-state index in [-0.39, 0.29) is 17.1 Å². The Balaban J connectivity index is 2.55. The van der Waals surface area contributed by atoms with E-state index in [0.717, 1.165) is 5.52 Å². The fourth-order valence-corrected chi connectivity index (χ4v) is 2.61. The van der Waals surface area contributed by atoms with Gasteiger partial charge in [-0.15, -0.1) is 0 Å². The molecule has 0 saturated heterocycles. The molecule has 2 N–H and O–H groups in total. The summed E-state index contributed by atoms with van der Waals surface area (Å²) in [6.07, 6.45) is -1.09. The van der Waals surface area contributed by atoms with Gasteiger partial charge in [-0.05, 0) is 11.5 Å². The number of anilines is 1. The average molecular weight is 349 g/mol. The Morgan fingerprint density at radius 1 is 1.44 bits per heavy atom. The van der Waals surface area contributed by atoms with Crippen LogP contribution >= 0.6 is 0 Å². The van der Waals surface area contributed by atoms with E-state index in [1.54, 1.807) is 11.0 Å². The van der Waals surface area contributed by atoms with Crippen LogP contribution in [0, 0.1) is 15.5 Å². The van der Waals surface area contributed by atoms with E-state index in [1.807, 2.05) is 39.4 Å². The predicted molar refractivity (Wildman–Crippen MR) is 95.1 cm³/mol. The van der Waals surface area contributed by atoms with Crippen LogP contribution in [0.1, 0.15) is 20.8 Å². The molecule has 1 unspecified atom stereocenters. The van der Waals surface area contributed by atoms with E-state index in [4.69, 9.17) is 5.11 Å². The lowest BCUT2D eigenvalue weighted by molar-refractivity contribution is -0.384. The number of non-ortho nitro benzene ring substituents is 1. The summed E-state index contributed by atoms with van der Waals surface area (Å²) < 4.78 is 1.88. The zero-order valence-corrected chi connectivity index (χ0v) is 15.0. The summed E-state index contributed by atoms with van der Waals surface area (Å²) in [7, 11) is 3.64. The lowest BCUT2D eigenvalue weighted by Gasteiger charge is -2.31. The fourth-order valence-electron chi connectivity index (χ4n) is 2.61. The van der Waals surface area contributed by atoms with Crippen LogP contribution in [0.3, 0.4) is 0 Å². The van der Waals surface area contributed by atoms with Gasteiger partial charge in [0.05, 0.1) is 22.0 Å². The van der Waals surface area contributed by atoms with Gasteiger partial charge in [0, 0.05) is 32.8 Å². The van der Waals surface area contributed by atoms with Gasteiger partial charge in [-0.1, -0.05) is 20.8 Å². The summed E-state index contributed by atoms with van der Waals surface area (Å²) >= 11 is 0. The number of benzene rings is 1. The van der Waals surface area contributed by atoms with Crippen LogP contribution in [0.4, 0.5) is 16.4 Å². The molecule has 1 aromatic heterocycles. The molecule has 1 heterocycles. The third-order valence-corrected chi connectivity index (χ3v) is 4.03. The second-order valence-electron chi connectivity index (χ2n) is 7.22. The summed E-state index contributed by atoms with van der Waals surface area (Å²) in [5, 5.41) is 22.7. The second-order valence-corrected chi connectivity index (χ2v) is 7.22. The zero-order chi connectivity index (χ0) is 18.9. The second kappa shape index (κ2) is 6.58.